The summed E-state index contributed by atoms with van der Waals surface area (Å²) in [5.41, 5.74) is 1.73. The largest absolute Gasteiger partial charge is 0.452 e. The fraction of sp³-hybridized carbons (Fsp3) is 0.619. The highest BCUT2D eigenvalue weighted by Gasteiger charge is 2.28. The van der Waals surface area contributed by atoms with Crippen molar-refractivity contribution in [1.82, 2.24) is 5.32 Å². The smallest absolute Gasteiger partial charge is 0.338 e. The zero-order valence-electron chi connectivity index (χ0n) is 16.1. The number of thioether (sulfide) groups is 2. The van der Waals surface area contributed by atoms with E-state index < -0.39 is 5.97 Å². The van der Waals surface area contributed by atoms with Crippen LogP contribution >= 0.6 is 23.5 Å². The number of carbonyl (C=O) groups excluding carboxylic acids is 2. The third-order valence-corrected chi connectivity index (χ3v) is 8.65. The molecular formula is C21H29NO3S2. The zero-order valence-corrected chi connectivity index (χ0v) is 17.7. The van der Waals surface area contributed by atoms with Gasteiger partial charge in [-0.25, -0.2) is 4.79 Å². The Hall–Kier alpha value is -1.14. The number of rotatable bonds is 5. The minimum atomic E-state index is -0.439. The molecule has 1 amide bonds. The van der Waals surface area contributed by atoms with Gasteiger partial charge in [0.25, 0.3) is 5.91 Å². The maximum atomic E-state index is 12.2. The maximum absolute atomic E-state index is 12.2. The second-order valence-electron chi connectivity index (χ2n) is 7.57. The van der Waals surface area contributed by atoms with Gasteiger partial charge in [-0.2, -0.15) is 0 Å². The molecule has 2 aliphatic rings. The van der Waals surface area contributed by atoms with Crippen molar-refractivity contribution in [2.45, 2.75) is 50.2 Å². The Balaban J connectivity index is 1.46. The molecule has 0 radical (unpaired) electrons. The molecule has 1 saturated carbocycles. The van der Waals surface area contributed by atoms with Crippen molar-refractivity contribution in [2.24, 2.45) is 11.8 Å². The van der Waals surface area contributed by atoms with Gasteiger partial charge < -0.3 is 10.1 Å². The van der Waals surface area contributed by atoms with Gasteiger partial charge in [-0.1, -0.05) is 38.8 Å². The van der Waals surface area contributed by atoms with E-state index in [1.54, 1.807) is 12.1 Å². The lowest BCUT2D eigenvalue weighted by atomic mass is 9.78. The lowest BCUT2D eigenvalue weighted by Gasteiger charge is -2.34. The van der Waals surface area contributed by atoms with Crippen LogP contribution in [-0.2, 0) is 9.53 Å². The van der Waals surface area contributed by atoms with Crippen LogP contribution in [0.15, 0.2) is 24.3 Å². The first kappa shape index (κ1) is 20.6. The number of ether oxygens (including phenoxy) is 1. The van der Waals surface area contributed by atoms with E-state index in [-0.39, 0.29) is 18.6 Å². The molecule has 1 N–H and O–H groups in total. The van der Waals surface area contributed by atoms with Crippen LogP contribution in [0, 0.1) is 11.8 Å². The zero-order chi connectivity index (χ0) is 19.2. The van der Waals surface area contributed by atoms with Crippen LogP contribution < -0.4 is 5.32 Å². The molecule has 1 saturated heterocycles. The predicted octanol–water partition coefficient (Wildman–Crippen LogP) is 4.65. The molecule has 0 spiro atoms. The molecule has 0 aromatic heterocycles. The average molecular weight is 408 g/mol. The van der Waals surface area contributed by atoms with E-state index in [0.29, 0.717) is 22.0 Å². The van der Waals surface area contributed by atoms with E-state index in [2.05, 4.69) is 19.2 Å². The highest BCUT2D eigenvalue weighted by molar-refractivity contribution is 8.16. The summed E-state index contributed by atoms with van der Waals surface area (Å²) in [5.74, 6) is 2.81. The van der Waals surface area contributed by atoms with Crippen LogP contribution in [0.5, 0.6) is 0 Å². The highest BCUT2D eigenvalue weighted by atomic mass is 32.2. The molecule has 1 aromatic carbocycles. The number of nitrogens with one attached hydrogen (secondary N) is 1. The molecule has 1 heterocycles. The van der Waals surface area contributed by atoms with E-state index in [1.807, 2.05) is 35.7 Å². The van der Waals surface area contributed by atoms with Gasteiger partial charge in [-0.15, -0.1) is 23.5 Å². The van der Waals surface area contributed by atoms with Gasteiger partial charge in [0, 0.05) is 6.04 Å². The Morgan fingerprint density at radius 2 is 1.78 bits per heavy atom. The standard InChI is InChI=1S/C21H29NO3S2/c1-14-5-3-6-18(15(14)2)22-19(23)13-25-20(24)16-7-9-17(10-8-16)21-26-11-4-12-27-21/h7-10,14-15,18,21H,3-6,11-13H2,1-2H3,(H,22,23)/t14-,15+,18+/m0/s1. The molecular weight excluding hydrogens is 378 g/mol. The van der Waals surface area contributed by atoms with E-state index in [1.165, 1.54) is 29.9 Å². The third-order valence-electron chi connectivity index (χ3n) is 5.63. The third kappa shape index (κ3) is 5.67. The molecule has 27 heavy (non-hydrogen) atoms. The molecule has 6 heteroatoms. The van der Waals surface area contributed by atoms with Gasteiger partial charge in [-0.3, -0.25) is 4.79 Å². The molecule has 1 aliphatic carbocycles. The lowest BCUT2D eigenvalue weighted by Crippen LogP contribution is -2.45. The SMILES string of the molecule is C[C@@H]1[C@@H](C)CCC[C@H]1NC(=O)COC(=O)c1ccc(C2SCCCS2)cc1. The molecule has 0 bridgehead atoms. The topological polar surface area (TPSA) is 55.4 Å². The number of esters is 1. The molecule has 2 fully saturated rings. The average Bonchev–Trinajstić information content (AvgIpc) is 2.70. The van der Waals surface area contributed by atoms with Crippen molar-refractivity contribution in [3.05, 3.63) is 35.4 Å². The van der Waals surface area contributed by atoms with E-state index in [0.717, 1.165) is 12.8 Å². The summed E-state index contributed by atoms with van der Waals surface area (Å²) in [6.07, 6.45) is 4.62. The summed E-state index contributed by atoms with van der Waals surface area (Å²) in [4.78, 5) is 24.4. The molecule has 3 rings (SSSR count). The first-order valence-electron chi connectivity index (χ1n) is 9.84. The van der Waals surface area contributed by atoms with Crippen molar-refractivity contribution >= 4 is 35.4 Å². The van der Waals surface area contributed by atoms with Crippen molar-refractivity contribution in [2.75, 3.05) is 18.1 Å². The number of benzene rings is 1. The molecule has 1 aliphatic heterocycles. The maximum Gasteiger partial charge on any atom is 0.338 e. The monoisotopic (exact) mass is 407 g/mol. The minimum Gasteiger partial charge on any atom is -0.452 e. The number of carbonyl (C=O) groups is 2. The van der Waals surface area contributed by atoms with E-state index in [4.69, 9.17) is 4.74 Å². The van der Waals surface area contributed by atoms with Crippen molar-refractivity contribution in [1.29, 1.82) is 0 Å². The van der Waals surface area contributed by atoms with E-state index in [9.17, 15) is 9.59 Å². The van der Waals surface area contributed by atoms with Crippen molar-refractivity contribution in [3.63, 3.8) is 0 Å². The fourth-order valence-electron chi connectivity index (χ4n) is 3.71. The number of hydrogen-bond acceptors (Lipinski definition) is 5. The van der Waals surface area contributed by atoms with Crippen LogP contribution in [-0.4, -0.2) is 36.0 Å². The van der Waals surface area contributed by atoms with E-state index >= 15 is 0 Å². The van der Waals surface area contributed by atoms with Crippen molar-refractivity contribution in [3.8, 4) is 0 Å². The molecule has 0 unspecified atom stereocenters. The van der Waals surface area contributed by atoms with Crippen LogP contribution in [0.3, 0.4) is 0 Å². The first-order chi connectivity index (χ1) is 13.0. The van der Waals surface area contributed by atoms with Gasteiger partial charge in [0.05, 0.1) is 10.1 Å². The number of amides is 1. The summed E-state index contributed by atoms with van der Waals surface area (Å²) in [5, 5.41) is 3.04. The Kier molecular flexibility index (Phi) is 7.53. The lowest BCUT2D eigenvalue weighted by molar-refractivity contribution is -0.125. The minimum absolute atomic E-state index is 0.185. The summed E-state index contributed by atoms with van der Waals surface area (Å²) in [6.45, 7) is 4.20. The summed E-state index contributed by atoms with van der Waals surface area (Å²) in [6, 6.07) is 7.78. The van der Waals surface area contributed by atoms with Gasteiger partial charge in [0.15, 0.2) is 6.61 Å². The Morgan fingerprint density at radius 1 is 1.07 bits per heavy atom. The van der Waals surface area contributed by atoms with Crippen LogP contribution in [0.1, 0.15) is 60.0 Å². The number of hydrogen-bond donors (Lipinski definition) is 1. The van der Waals surface area contributed by atoms with Gasteiger partial charge in [-0.05, 0) is 53.9 Å². The van der Waals surface area contributed by atoms with Gasteiger partial charge >= 0.3 is 5.97 Å². The quantitative estimate of drug-likeness (QED) is 0.720. The first-order valence-corrected chi connectivity index (χ1v) is 11.9. The summed E-state index contributed by atoms with van der Waals surface area (Å²) >= 11 is 3.91. The summed E-state index contributed by atoms with van der Waals surface area (Å²) < 4.78 is 5.67. The van der Waals surface area contributed by atoms with Crippen LogP contribution in [0.4, 0.5) is 0 Å². The normalized spacial score (nSPS) is 26.4. The Morgan fingerprint density at radius 3 is 2.48 bits per heavy atom. The summed E-state index contributed by atoms with van der Waals surface area (Å²) in [7, 11) is 0. The molecule has 148 valence electrons. The van der Waals surface area contributed by atoms with Gasteiger partial charge in [0.1, 0.15) is 0 Å². The molecule has 1 aromatic rings. The fourth-order valence-corrected chi connectivity index (χ4v) is 6.60. The molecule has 3 atom stereocenters. The van der Waals surface area contributed by atoms with Crippen molar-refractivity contribution < 1.29 is 14.3 Å². The van der Waals surface area contributed by atoms with Gasteiger partial charge in [0.2, 0.25) is 0 Å². The highest BCUT2D eigenvalue weighted by Crippen LogP contribution is 2.43. The Bertz CT molecular complexity index is 643. The van der Waals surface area contributed by atoms with Crippen LogP contribution in [0.2, 0.25) is 0 Å². The predicted molar refractivity (Wildman–Crippen MR) is 113 cm³/mol. The van der Waals surface area contributed by atoms with Crippen LogP contribution in [0.25, 0.3) is 0 Å². The second kappa shape index (κ2) is 9.87. The second-order valence-corrected chi connectivity index (χ2v) is 10.3. The molecule has 4 nitrogen and oxygen atoms in total. The Labute approximate surface area is 170 Å².